The van der Waals surface area contributed by atoms with Crippen LogP contribution in [-0.2, 0) is 0 Å². The van der Waals surface area contributed by atoms with Gasteiger partial charge in [-0.2, -0.15) is 0 Å². The highest BCUT2D eigenvalue weighted by Crippen LogP contribution is 2.24. The molecule has 25 heavy (non-hydrogen) atoms. The molecule has 2 heterocycles. The molecule has 1 atom stereocenters. The molecule has 5 heteroatoms. The predicted molar refractivity (Wildman–Crippen MR) is 102 cm³/mol. The molecule has 1 fully saturated rings. The second-order valence-electron chi connectivity index (χ2n) is 6.98. The molecule has 1 unspecified atom stereocenters. The van der Waals surface area contributed by atoms with Crippen LogP contribution in [0.4, 0.5) is 5.82 Å². The topological polar surface area (TPSA) is 59.1 Å². The smallest absolute Gasteiger partial charge is 0.161 e. The zero-order chi connectivity index (χ0) is 17.6. The summed E-state index contributed by atoms with van der Waals surface area (Å²) in [5, 5.41) is 6.99. The van der Waals surface area contributed by atoms with Crippen LogP contribution >= 0.6 is 0 Å². The lowest BCUT2D eigenvalue weighted by atomic mass is 10.00. The Morgan fingerprint density at radius 3 is 2.68 bits per heavy atom. The molecular formula is C20H28N4O. The molecular weight excluding hydrogens is 312 g/mol. The van der Waals surface area contributed by atoms with Crippen LogP contribution in [0.25, 0.3) is 11.4 Å². The van der Waals surface area contributed by atoms with E-state index in [0.717, 1.165) is 48.3 Å². The van der Waals surface area contributed by atoms with Crippen molar-refractivity contribution in [3.8, 4) is 17.1 Å². The van der Waals surface area contributed by atoms with Gasteiger partial charge in [-0.1, -0.05) is 13.8 Å². The number of nitrogens with one attached hydrogen (secondary N) is 2. The third-order valence-electron chi connectivity index (χ3n) is 4.66. The number of ether oxygens (including phenoxy) is 1. The van der Waals surface area contributed by atoms with Crippen molar-refractivity contribution in [2.45, 2.75) is 32.6 Å². The first-order valence-electron chi connectivity index (χ1n) is 9.13. The van der Waals surface area contributed by atoms with Gasteiger partial charge in [0.15, 0.2) is 5.82 Å². The van der Waals surface area contributed by atoms with Gasteiger partial charge in [0.1, 0.15) is 11.6 Å². The van der Waals surface area contributed by atoms with E-state index in [0.29, 0.717) is 11.8 Å². The number of methoxy groups -OCH3 is 1. The zero-order valence-electron chi connectivity index (χ0n) is 15.4. The Kier molecular flexibility index (Phi) is 5.87. The fourth-order valence-corrected chi connectivity index (χ4v) is 3.07. The van der Waals surface area contributed by atoms with Crippen LogP contribution in [0.3, 0.4) is 0 Å². The van der Waals surface area contributed by atoms with Crippen molar-refractivity contribution >= 4 is 5.82 Å². The number of benzene rings is 1. The van der Waals surface area contributed by atoms with Gasteiger partial charge >= 0.3 is 0 Å². The van der Waals surface area contributed by atoms with Crippen molar-refractivity contribution in [1.82, 2.24) is 15.3 Å². The summed E-state index contributed by atoms with van der Waals surface area (Å²) in [6.45, 7) is 7.50. The zero-order valence-corrected chi connectivity index (χ0v) is 15.4. The molecule has 134 valence electrons. The Labute approximate surface area is 150 Å². The average Bonchev–Trinajstić information content (AvgIpc) is 2.67. The highest BCUT2D eigenvalue weighted by Gasteiger charge is 2.14. The average molecular weight is 340 g/mol. The van der Waals surface area contributed by atoms with Gasteiger partial charge in [0.25, 0.3) is 0 Å². The van der Waals surface area contributed by atoms with Crippen molar-refractivity contribution in [2.75, 3.05) is 32.1 Å². The maximum Gasteiger partial charge on any atom is 0.161 e. The molecule has 1 aliphatic rings. The molecule has 0 aliphatic carbocycles. The van der Waals surface area contributed by atoms with E-state index in [1.165, 1.54) is 12.8 Å². The number of piperidine rings is 1. The molecule has 1 aromatic heterocycles. The van der Waals surface area contributed by atoms with Crippen LogP contribution in [0, 0.1) is 5.92 Å². The number of hydrogen-bond acceptors (Lipinski definition) is 5. The Bertz CT molecular complexity index is 679. The summed E-state index contributed by atoms with van der Waals surface area (Å²) < 4.78 is 5.24. The van der Waals surface area contributed by atoms with Gasteiger partial charge in [-0.05, 0) is 62.0 Å². The number of rotatable bonds is 6. The third-order valence-corrected chi connectivity index (χ3v) is 4.66. The first-order chi connectivity index (χ1) is 12.2. The first kappa shape index (κ1) is 17.7. The molecule has 1 aliphatic heterocycles. The van der Waals surface area contributed by atoms with E-state index in [2.05, 4.69) is 30.5 Å². The van der Waals surface area contributed by atoms with Gasteiger partial charge in [0.2, 0.25) is 0 Å². The third kappa shape index (κ3) is 4.69. The minimum Gasteiger partial charge on any atom is -0.497 e. The lowest BCUT2D eigenvalue weighted by molar-refractivity contribution is 0.392. The summed E-state index contributed by atoms with van der Waals surface area (Å²) in [4.78, 5) is 9.49. The molecule has 0 spiro atoms. The molecule has 0 bridgehead atoms. The van der Waals surface area contributed by atoms with E-state index in [-0.39, 0.29) is 0 Å². The molecule has 0 amide bonds. The van der Waals surface area contributed by atoms with Gasteiger partial charge in [-0.3, -0.25) is 0 Å². The van der Waals surface area contributed by atoms with E-state index < -0.39 is 0 Å². The van der Waals surface area contributed by atoms with Crippen LogP contribution in [0.5, 0.6) is 5.75 Å². The van der Waals surface area contributed by atoms with Crippen molar-refractivity contribution in [3.05, 3.63) is 36.0 Å². The SMILES string of the molecule is COc1ccc(-c2nc(NCC3CCCNC3)cc(C(C)C)n2)cc1. The number of anilines is 1. The van der Waals surface area contributed by atoms with E-state index in [9.17, 15) is 0 Å². The molecule has 2 aromatic rings. The van der Waals surface area contributed by atoms with Gasteiger partial charge < -0.3 is 15.4 Å². The molecule has 3 rings (SSSR count). The molecule has 1 saturated heterocycles. The van der Waals surface area contributed by atoms with Gasteiger partial charge in [0, 0.05) is 23.9 Å². The number of nitrogens with zero attached hydrogens (tertiary/aromatic N) is 2. The number of aromatic nitrogens is 2. The lowest BCUT2D eigenvalue weighted by Gasteiger charge is -2.23. The summed E-state index contributed by atoms with van der Waals surface area (Å²) in [7, 11) is 1.67. The maximum atomic E-state index is 5.24. The summed E-state index contributed by atoms with van der Waals surface area (Å²) in [5.41, 5.74) is 2.07. The van der Waals surface area contributed by atoms with E-state index in [4.69, 9.17) is 14.7 Å². The largest absolute Gasteiger partial charge is 0.497 e. The maximum absolute atomic E-state index is 5.24. The fourth-order valence-electron chi connectivity index (χ4n) is 3.07. The molecule has 2 N–H and O–H groups in total. The van der Waals surface area contributed by atoms with Crippen molar-refractivity contribution in [3.63, 3.8) is 0 Å². The van der Waals surface area contributed by atoms with E-state index in [1.54, 1.807) is 7.11 Å². The van der Waals surface area contributed by atoms with Crippen LogP contribution in [0.15, 0.2) is 30.3 Å². The Hall–Kier alpha value is -2.14. The Morgan fingerprint density at radius 1 is 1.24 bits per heavy atom. The van der Waals surface area contributed by atoms with Crippen molar-refractivity contribution in [1.29, 1.82) is 0 Å². The first-order valence-corrected chi connectivity index (χ1v) is 9.13. The van der Waals surface area contributed by atoms with Gasteiger partial charge in [0.05, 0.1) is 7.11 Å². The quantitative estimate of drug-likeness (QED) is 0.840. The Morgan fingerprint density at radius 2 is 2.04 bits per heavy atom. The van der Waals surface area contributed by atoms with Crippen LogP contribution in [0.1, 0.15) is 38.3 Å². The minimum absolute atomic E-state index is 0.358. The van der Waals surface area contributed by atoms with E-state index >= 15 is 0 Å². The minimum atomic E-state index is 0.358. The monoisotopic (exact) mass is 340 g/mol. The summed E-state index contributed by atoms with van der Waals surface area (Å²) in [5.74, 6) is 3.53. The molecule has 1 aromatic carbocycles. The van der Waals surface area contributed by atoms with Crippen LogP contribution in [-0.4, -0.2) is 36.7 Å². The van der Waals surface area contributed by atoms with Crippen molar-refractivity contribution < 1.29 is 4.74 Å². The van der Waals surface area contributed by atoms with Gasteiger partial charge in [-0.15, -0.1) is 0 Å². The molecule has 5 nitrogen and oxygen atoms in total. The summed E-state index contributed by atoms with van der Waals surface area (Å²) >= 11 is 0. The van der Waals surface area contributed by atoms with Gasteiger partial charge in [-0.25, -0.2) is 9.97 Å². The highest BCUT2D eigenvalue weighted by atomic mass is 16.5. The fraction of sp³-hybridized carbons (Fsp3) is 0.500. The molecule has 0 saturated carbocycles. The van der Waals surface area contributed by atoms with Crippen molar-refractivity contribution in [2.24, 2.45) is 5.92 Å². The second-order valence-corrected chi connectivity index (χ2v) is 6.98. The summed E-state index contributed by atoms with van der Waals surface area (Å²) in [6.07, 6.45) is 2.53. The molecule has 0 radical (unpaired) electrons. The lowest BCUT2D eigenvalue weighted by Crippen LogP contribution is -2.33. The summed E-state index contributed by atoms with van der Waals surface area (Å²) in [6, 6.07) is 9.98. The standard InChI is InChI=1S/C20H28N4O/c1-14(2)18-11-19(22-13-15-5-4-10-21-12-15)24-20(23-18)16-6-8-17(25-3)9-7-16/h6-9,11,14-15,21H,4-5,10,12-13H2,1-3H3,(H,22,23,24). The van der Waals surface area contributed by atoms with Crippen LogP contribution < -0.4 is 15.4 Å². The van der Waals surface area contributed by atoms with E-state index in [1.807, 2.05) is 24.3 Å². The number of hydrogen-bond donors (Lipinski definition) is 2. The second kappa shape index (κ2) is 8.30. The highest BCUT2D eigenvalue weighted by molar-refractivity contribution is 5.59. The van der Waals surface area contributed by atoms with Crippen LogP contribution in [0.2, 0.25) is 0 Å². The normalized spacial score (nSPS) is 17.5. The Balaban J connectivity index is 1.80. The predicted octanol–water partition coefficient (Wildman–Crippen LogP) is 3.69.